The van der Waals surface area contributed by atoms with Gasteiger partial charge in [0.25, 0.3) is 0 Å². The summed E-state index contributed by atoms with van der Waals surface area (Å²) in [6.45, 7) is 1.79. The quantitative estimate of drug-likeness (QED) is 0.612. The number of amides is 1. The van der Waals surface area contributed by atoms with Crippen molar-refractivity contribution >= 4 is 5.91 Å². The number of benzene rings is 1. The summed E-state index contributed by atoms with van der Waals surface area (Å²) in [7, 11) is 0. The van der Waals surface area contributed by atoms with E-state index >= 15 is 0 Å². The van der Waals surface area contributed by atoms with Crippen LogP contribution in [0.3, 0.4) is 0 Å². The lowest BCUT2D eigenvalue weighted by Gasteiger charge is -2.26. The van der Waals surface area contributed by atoms with Crippen molar-refractivity contribution in [3.63, 3.8) is 0 Å². The molecule has 0 radical (unpaired) electrons. The fourth-order valence-corrected chi connectivity index (χ4v) is 3.04. The summed E-state index contributed by atoms with van der Waals surface area (Å²) in [5.41, 5.74) is 2.63. The lowest BCUT2D eigenvalue weighted by molar-refractivity contribution is -0.133. The number of carbonyl (C=O) groups excluding carboxylic acids is 1. The normalized spacial score (nSPS) is 13.3. The van der Waals surface area contributed by atoms with Crippen molar-refractivity contribution in [2.75, 3.05) is 13.1 Å². The van der Waals surface area contributed by atoms with E-state index in [2.05, 4.69) is 28.7 Å². The number of hydrogen-bond donors (Lipinski definition) is 0. The molecule has 136 valence electrons. The van der Waals surface area contributed by atoms with Crippen molar-refractivity contribution in [2.24, 2.45) is 0 Å². The highest BCUT2D eigenvalue weighted by Gasteiger charge is 2.16. The van der Waals surface area contributed by atoms with Crippen molar-refractivity contribution < 1.29 is 4.79 Å². The fraction of sp³-hybridized carbons (Fsp3) is 0.333. The smallest absolute Gasteiger partial charge is 0.222 e. The Morgan fingerprint density at radius 2 is 1.74 bits per heavy atom. The highest BCUT2D eigenvalue weighted by atomic mass is 16.2. The second-order valence-electron chi connectivity index (χ2n) is 6.61. The minimum Gasteiger partial charge on any atom is -0.343 e. The molecule has 1 amide bonds. The summed E-state index contributed by atoms with van der Waals surface area (Å²) in [6, 6.07) is 13.7. The minimum absolute atomic E-state index is 0.313. The van der Waals surface area contributed by atoms with Gasteiger partial charge in [-0.2, -0.15) is 0 Å². The Hall–Kier alpha value is -3.04. The summed E-state index contributed by atoms with van der Waals surface area (Å²) >= 11 is 0. The number of pyridine rings is 1. The van der Waals surface area contributed by atoms with E-state index in [4.69, 9.17) is 0 Å². The number of piperidine rings is 1. The molecule has 1 aliphatic heterocycles. The largest absolute Gasteiger partial charge is 0.343 e. The maximum absolute atomic E-state index is 11.8. The fourth-order valence-electron chi connectivity index (χ4n) is 3.04. The van der Waals surface area contributed by atoms with Crippen LogP contribution in [0.4, 0.5) is 0 Å². The van der Waals surface area contributed by atoms with Crippen LogP contribution in [0.1, 0.15) is 55.3 Å². The summed E-state index contributed by atoms with van der Waals surface area (Å²) in [5.74, 6) is 13.1. The van der Waals surface area contributed by atoms with Gasteiger partial charge >= 0.3 is 0 Å². The average molecular weight is 356 g/mol. The molecule has 0 atom stereocenters. The Kier molecular flexibility index (Phi) is 7.07. The number of likely N-dealkylation sites (tertiary alicyclic amines) is 1. The SMILES string of the molecule is O=C1CCCCN1CCCCC#Cc1ccccc1C#Cc1ccccn1. The second-order valence-corrected chi connectivity index (χ2v) is 6.61. The van der Waals surface area contributed by atoms with Crippen LogP contribution in [0.25, 0.3) is 0 Å². The number of nitrogens with zero attached hydrogens (tertiary/aromatic N) is 2. The number of rotatable bonds is 4. The van der Waals surface area contributed by atoms with E-state index in [1.807, 2.05) is 47.4 Å². The van der Waals surface area contributed by atoms with Gasteiger partial charge in [0.05, 0.1) is 0 Å². The molecule has 27 heavy (non-hydrogen) atoms. The molecular weight excluding hydrogens is 332 g/mol. The lowest BCUT2D eigenvalue weighted by Crippen LogP contribution is -2.35. The molecule has 3 heteroatoms. The maximum Gasteiger partial charge on any atom is 0.222 e. The van der Waals surface area contributed by atoms with E-state index in [1.54, 1.807) is 6.20 Å². The van der Waals surface area contributed by atoms with Gasteiger partial charge in [-0.25, -0.2) is 4.98 Å². The average Bonchev–Trinajstić information content (AvgIpc) is 2.72. The number of unbranched alkanes of at least 4 members (excludes halogenated alkanes) is 2. The van der Waals surface area contributed by atoms with Crippen molar-refractivity contribution in [1.82, 2.24) is 9.88 Å². The summed E-state index contributed by atoms with van der Waals surface area (Å²) < 4.78 is 0. The van der Waals surface area contributed by atoms with Gasteiger partial charge in [-0.3, -0.25) is 4.79 Å². The van der Waals surface area contributed by atoms with E-state index < -0.39 is 0 Å². The van der Waals surface area contributed by atoms with E-state index in [1.165, 1.54) is 0 Å². The third kappa shape index (κ3) is 6.01. The van der Waals surface area contributed by atoms with Crippen LogP contribution in [0, 0.1) is 23.7 Å². The van der Waals surface area contributed by atoms with Crippen LogP contribution < -0.4 is 0 Å². The van der Waals surface area contributed by atoms with Gasteiger partial charge in [-0.05, 0) is 55.9 Å². The predicted octanol–water partition coefficient (Wildman–Crippen LogP) is 4.02. The van der Waals surface area contributed by atoms with Crippen LogP contribution in [-0.4, -0.2) is 28.9 Å². The highest BCUT2D eigenvalue weighted by Crippen LogP contribution is 2.11. The van der Waals surface area contributed by atoms with E-state index in [0.29, 0.717) is 5.91 Å². The Morgan fingerprint density at radius 3 is 2.52 bits per heavy atom. The van der Waals surface area contributed by atoms with E-state index in [0.717, 1.165) is 68.4 Å². The molecule has 3 rings (SSSR count). The van der Waals surface area contributed by atoms with E-state index in [-0.39, 0.29) is 0 Å². The first kappa shape index (κ1) is 18.7. The van der Waals surface area contributed by atoms with Crippen molar-refractivity contribution in [2.45, 2.75) is 38.5 Å². The topological polar surface area (TPSA) is 33.2 Å². The van der Waals surface area contributed by atoms with Gasteiger partial charge in [0, 0.05) is 43.3 Å². The molecule has 0 saturated carbocycles. The van der Waals surface area contributed by atoms with Gasteiger partial charge < -0.3 is 4.90 Å². The first-order valence-corrected chi connectivity index (χ1v) is 9.62. The zero-order chi connectivity index (χ0) is 18.7. The minimum atomic E-state index is 0.313. The first-order chi connectivity index (χ1) is 13.3. The van der Waals surface area contributed by atoms with Crippen LogP contribution >= 0.6 is 0 Å². The zero-order valence-corrected chi connectivity index (χ0v) is 15.6. The third-order valence-electron chi connectivity index (χ3n) is 4.54. The molecule has 0 aliphatic carbocycles. The molecule has 1 aromatic carbocycles. The predicted molar refractivity (Wildman–Crippen MR) is 108 cm³/mol. The molecule has 1 fully saturated rings. The van der Waals surface area contributed by atoms with Crippen LogP contribution in [0.2, 0.25) is 0 Å². The Bertz CT molecular complexity index is 881. The number of aromatic nitrogens is 1. The van der Waals surface area contributed by atoms with Gasteiger partial charge in [-0.1, -0.05) is 36.0 Å². The highest BCUT2D eigenvalue weighted by molar-refractivity contribution is 5.76. The van der Waals surface area contributed by atoms with Crippen molar-refractivity contribution in [3.05, 3.63) is 65.5 Å². The Balaban J connectivity index is 1.51. The van der Waals surface area contributed by atoms with Gasteiger partial charge in [0.15, 0.2) is 0 Å². The molecule has 0 bridgehead atoms. The number of hydrogen-bond acceptors (Lipinski definition) is 2. The standard InChI is InChI=1S/C24H24N2O/c27-24-15-7-10-20-26(24)19-9-2-1-3-11-21-12-4-5-13-22(21)16-17-23-14-6-8-18-25-23/h4-6,8,12-14,18H,1-2,7,9-10,15,19-20H2. The molecule has 1 aromatic heterocycles. The molecular formula is C24H24N2O. The molecule has 0 unspecified atom stereocenters. The van der Waals surface area contributed by atoms with Crippen molar-refractivity contribution in [3.8, 4) is 23.7 Å². The van der Waals surface area contributed by atoms with Gasteiger partial charge in [0.1, 0.15) is 5.69 Å². The lowest BCUT2D eigenvalue weighted by atomic mass is 10.1. The molecule has 2 aromatic rings. The molecule has 3 nitrogen and oxygen atoms in total. The molecule has 1 saturated heterocycles. The van der Waals surface area contributed by atoms with E-state index in [9.17, 15) is 4.79 Å². The van der Waals surface area contributed by atoms with Crippen LogP contribution in [0.5, 0.6) is 0 Å². The maximum atomic E-state index is 11.8. The van der Waals surface area contributed by atoms with Crippen LogP contribution in [-0.2, 0) is 4.79 Å². The molecule has 1 aliphatic rings. The van der Waals surface area contributed by atoms with Gasteiger partial charge in [-0.15, -0.1) is 0 Å². The molecule has 0 N–H and O–H groups in total. The second kappa shape index (κ2) is 10.2. The monoisotopic (exact) mass is 356 g/mol. The summed E-state index contributed by atoms with van der Waals surface area (Å²) in [6.07, 6.45) is 7.51. The number of carbonyl (C=O) groups is 1. The zero-order valence-electron chi connectivity index (χ0n) is 15.6. The van der Waals surface area contributed by atoms with Crippen LogP contribution in [0.15, 0.2) is 48.7 Å². The van der Waals surface area contributed by atoms with Gasteiger partial charge in [0.2, 0.25) is 5.91 Å². The summed E-state index contributed by atoms with van der Waals surface area (Å²) in [5, 5.41) is 0. The van der Waals surface area contributed by atoms with Crippen molar-refractivity contribution in [1.29, 1.82) is 0 Å². The Morgan fingerprint density at radius 1 is 0.926 bits per heavy atom. The first-order valence-electron chi connectivity index (χ1n) is 9.62. The Labute approximate surface area is 161 Å². The molecule has 2 heterocycles. The summed E-state index contributed by atoms with van der Waals surface area (Å²) in [4.78, 5) is 18.0. The third-order valence-corrected chi connectivity index (χ3v) is 4.54. The molecule has 0 spiro atoms.